The molecule has 1 fully saturated rings. The van der Waals surface area contributed by atoms with E-state index in [9.17, 15) is 19.5 Å². The van der Waals surface area contributed by atoms with Crippen LogP contribution in [-0.2, 0) is 14.3 Å². The first kappa shape index (κ1) is 17.3. The summed E-state index contributed by atoms with van der Waals surface area (Å²) in [5, 5.41) is 9.66. The number of amides is 2. The lowest BCUT2D eigenvalue weighted by atomic mass is 10.0. The second-order valence-electron chi connectivity index (χ2n) is 5.24. The number of aromatic hydroxyl groups is 1. The van der Waals surface area contributed by atoms with Gasteiger partial charge < -0.3 is 20.5 Å². The Kier molecular flexibility index (Phi) is 5.59. The highest BCUT2D eigenvalue weighted by molar-refractivity contribution is 9.10. The van der Waals surface area contributed by atoms with Gasteiger partial charge in [-0.25, -0.2) is 4.79 Å². The molecule has 124 valence electrons. The Balaban J connectivity index is 1.99. The van der Waals surface area contributed by atoms with Crippen LogP contribution in [0.2, 0.25) is 0 Å². The van der Waals surface area contributed by atoms with E-state index in [1.807, 2.05) is 0 Å². The largest absolute Gasteiger partial charge is 0.507 e. The summed E-state index contributed by atoms with van der Waals surface area (Å²) in [6.07, 6.45) is 2.11. The molecule has 23 heavy (non-hydrogen) atoms. The molecule has 1 aromatic carbocycles. The van der Waals surface area contributed by atoms with Crippen LogP contribution < -0.4 is 5.73 Å². The molecule has 1 atom stereocenters. The summed E-state index contributed by atoms with van der Waals surface area (Å²) < 4.78 is 5.54. The molecule has 1 saturated heterocycles. The summed E-state index contributed by atoms with van der Waals surface area (Å²) in [6.45, 7) is -0.0965. The number of likely N-dealkylation sites (tertiary alicyclic amines) is 1. The number of phenols is 1. The number of carbonyl (C=O) groups is 3. The van der Waals surface area contributed by atoms with Crippen LogP contribution in [0.15, 0.2) is 22.7 Å². The lowest BCUT2D eigenvalue weighted by Gasteiger charge is -2.33. The van der Waals surface area contributed by atoms with Crippen molar-refractivity contribution in [3.05, 3.63) is 28.2 Å². The van der Waals surface area contributed by atoms with Gasteiger partial charge in [0.05, 0.1) is 0 Å². The molecular formula is C15H17BrN2O5. The van der Waals surface area contributed by atoms with E-state index in [2.05, 4.69) is 15.9 Å². The molecule has 1 aliphatic rings. The maximum absolute atomic E-state index is 12.2. The van der Waals surface area contributed by atoms with E-state index in [4.69, 9.17) is 10.5 Å². The molecule has 7 nitrogen and oxygen atoms in total. The van der Waals surface area contributed by atoms with Crippen molar-refractivity contribution in [3.63, 3.8) is 0 Å². The molecule has 0 unspecified atom stereocenters. The first-order chi connectivity index (χ1) is 10.9. The predicted molar refractivity (Wildman–Crippen MR) is 84.6 cm³/mol. The molecule has 2 rings (SSSR count). The van der Waals surface area contributed by atoms with Crippen molar-refractivity contribution in [2.24, 2.45) is 5.73 Å². The number of primary amides is 1. The third-order valence-corrected chi connectivity index (χ3v) is 4.15. The fourth-order valence-corrected chi connectivity index (χ4v) is 2.85. The molecule has 0 radical (unpaired) electrons. The highest BCUT2D eigenvalue weighted by Gasteiger charge is 2.31. The number of nitrogens with two attached hydrogens (primary N) is 1. The third-order valence-electron chi connectivity index (χ3n) is 3.66. The number of hydrogen-bond donors (Lipinski definition) is 2. The number of esters is 1. The smallest absolute Gasteiger partial charge is 0.342 e. The molecule has 0 bridgehead atoms. The fraction of sp³-hybridized carbons (Fsp3) is 0.400. The van der Waals surface area contributed by atoms with E-state index in [0.29, 0.717) is 17.4 Å². The predicted octanol–water partition coefficient (Wildman–Crippen LogP) is 1.18. The maximum atomic E-state index is 12.2. The monoisotopic (exact) mass is 384 g/mol. The van der Waals surface area contributed by atoms with E-state index in [0.717, 1.165) is 12.8 Å². The van der Waals surface area contributed by atoms with Gasteiger partial charge in [-0.1, -0.05) is 15.9 Å². The lowest BCUT2D eigenvalue weighted by Crippen LogP contribution is -2.51. The topological polar surface area (TPSA) is 110 Å². The minimum absolute atomic E-state index is 0.0442. The molecule has 1 heterocycles. The number of rotatable bonds is 4. The second-order valence-corrected chi connectivity index (χ2v) is 6.15. The van der Waals surface area contributed by atoms with Crippen molar-refractivity contribution in [2.45, 2.75) is 25.3 Å². The molecule has 2 amide bonds. The van der Waals surface area contributed by atoms with Gasteiger partial charge in [0, 0.05) is 11.0 Å². The van der Waals surface area contributed by atoms with Crippen LogP contribution in [0.1, 0.15) is 29.6 Å². The summed E-state index contributed by atoms with van der Waals surface area (Å²) in [5.41, 5.74) is 5.26. The molecule has 0 aliphatic carbocycles. The summed E-state index contributed by atoms with van der Waals surface area (Å²) in [5.74, 6) is -2.09. The average molecular weight is 385 g/mol. The standard InChI is InChI=1S/C15H17BrN2O5/c16-9-4-5-12(19)10(7-9)15(22)23-8-13(20)18-6-2-1-3-11(18)14(17)21/h4-5,7,11,19H,1-3,6,8H2,(H2,17,21)/t11-/m0/s1. The Hall–Kier alpha value is -2.09. The van der Waals surface area contributed by atoms with Gasteiger partial charge in [0.25, 0.3) is 5.91 Å². The van der Waals surface area contributed by atoms with Crippen molar-refractivity contribution in [3.8, 4) is 5.75 Å². The van der Waals surface area contributed by atoms with Crippen molar-refractivity contribution >= 4 is 33.7 Å². The summed E-state index contributed by atoms with van der Waals surface area (Å²) in [4.78, 5) is 36.9. The average Bonchev–Trinajstić information content (AvgIpc) is 2.54. The van der Waals surface area contributed by atoms with Crippen LogP contribution in [0.5, 0.6) is 5.75 Å². The zero-order valence-corrected chi connectivity index (χ0v) is 13.9. The van der Waals surface area contributed by atoms with Gasteiger partial charge in [0.1, 0.15) is 17.4 Å². The Morgan fingerprint density at radius 1 is 1.35 bits per heavy atom. The normalized spacial score (nSPS) is 17.6. The van der Waals surface area contributed by atoms with Gasteiger partial charge >= 0.3 is 5.97 Å². The van der Waals surface area contributed by atoms with Crippen molar-refractivity contribution in [1.82, 2.24) is 4.90 Å². The molecule has 0 spiro atoms. The SMILES string of the molecule is NC(=O)[C@@H]1CCCCN1C(=O)COC(=O)c1cc(Br)ccc1O. The van der Waals surface area contributed by atoms with Crippen molar-refractivity contribution in [2.75, 3.05) is 13.2 Å². The number of carbonyl (C=O) groups excluding carboxylic acids is 3. The number of nitrogens with zero attached hydrogens (tertiary/aromatic N) is 1. The second kappa shape index (κ2) is 7.45. The molecule has 0 saturated carbocycles. The quantitative estimate of drug-likeness (QED) is 0.757. The number of benzene rings is 1. The number of halogens is 1. The van der Waals surface area contributed by atoms with E-state index in [1.165, 1.54) is 17.0 Å². The zero-order valence-electron chi connectivity index (χ0n) is 12.3. The van der Waals surface area contributed by atoms with Crippen LogP contribution in [0.3, 0.4) is 0 Å². The van der Waals surface area contributed by atoms with Gasteiger partial charge in [-0.15, -0.1) is 0 Å². The molecular weight excluding hydrogens is 368 g/mol. The van der Waals surface area contributed by atoms with Gasteiger partial charge in [0.2, 0.25) is 5.91 Å². The number of hydrogen-bond acceptors (Lipinski definition) is 5. The van der Waals surface area contributed by atoms with Crippen LogP contribution in [0, 0.1) is 0 Å². The Labute approximate surface area is 141 Å². The van der Waals surface area contributed by atoms with Gasteiger partial charge in [0.15, 0.2) is 6.61 Å². The van der Waals surface area contributed by atoms with Crippen molar-refractivity contribution in [1.29, 1.82) is 0 Å². The van der Waals surface area contributed by atoms with E-state index >= 15 is 0 Å². The van der Waals surface area contributed by atoms with Crippen LogP contribution in [0.4, 0.5) is 0 Å². The zero-order chi connectivity index (χ0) is 17.0. The van der Waals surface area contributed by atoms with Gasteiger partial charge in [-0.05, 0) is 37.5 Å². The van der Waals surface area contributed by atoms with Crippen LogP contribution in [-0.4, -0.2) is 47.0 Å². The molecule has 0 aromatic heterocycles. The summed E-state index contributed by atoms with van der Waals surface area (Å²) in [6, 6.07) is 3.66. The summed E-state index contributed by atoms with van der Waals surface area (Å²) >= 11 is 3.19. The third kappa shape index (κ3) is 4.22. The lowest BCUT2D eigenvalue weighted by molar-refractivity contribution is -0.143. The van der Waals surface area contributed by atoms with E-state index in [1.54, 1.807) is 6.07 Å². The highest BCUT2D eigenvalue weighted by Crippen LogP contribution is 2.23. The van der Waals surface area contributed by atoms with Crippen molar-refractivity contribution < 1.29 is 24.2 Å². The Morgan fingerprint density at radius 3 is 2.78 bits per heavy atom. The van der Waals surface area contributed by atoms with Crippen LogP contribution >= 0.6 is 15.9 Å². The first-order valence-electron chi connectivity index (χ1n) is 7.14. The number of phenolic OH excluding ortho intramolecular Hbond substituents is 1. The summed E-state index contributed by atoms with van der Waals surface area (Å²) in [7, 11) is 0. The molecule has 1 aliphatic heterocycles. The van der Waals surface area contributed by atoms with E-state index < -0.39 is 30.4 Å². The van der Waals surface area contributed by atoms with Gasteiger partial charge in [-0.2, -0.15) is 0 Å². The minimum Gasteiger partial charge on any atom is -0.507 e. The molecule has 8 heteroatoms. The number of piperidine rings is 1. The maximum Gasteiger partial charge on any atom is 0.342 e. The minimum atomic E-state index is -0.815. The number of ether oxygens (including phenoxy) is 1. The van der Waals surface area contributed by atoms with Crippen LogP contribution in [0.25, 0.3) is 0 Å². The highest BCUT2D eigenvalue weighted by atomic mass is 79.9. The first-order valence-corrected chi connectivity index (χ1v) is 7.94. The molecule has 1 aromatic rings. The van der Waals surface area contributed by atoms with E-state index in [-0.39, 0.29) is 11.3 Å². The fourth-order valence-electron chi connectivity index (χ4n) is 2.49. The molecule has 3 N–H and O–H groups in total. The Bertz CT molecular complexity index is 634. The Morgan fingerprint density at radius 2 is 2.09 bits per heavy atom. The van der Waals surface area contributed by atoms with Gasteiger partial charge in [-0.3, -0.25) is 9.59 Å².